The van der Waals surface area contributed by atoms with Crippen LogP contribution in [0, 0.1) is 6.92 Å². The molecule has 1 aliphatic carbocycles. The van der Waals surface area contributed by atoms with Crippen LogP contribution in [-0.4, -0.2) is 27.4 Å². The van der Waals surface area contributed by atoms with E-state index in [9.17, 15) is 9.59 Å². The second kappa shape index (κ2) is 9.17. The summed E-state index contributed by atoms with van der Waals surface area (Å²) in [5.74, 6) is -0.518. The van der Waals surface area contributed by atoms with E-state index < -0.39 is 6.04 Å². The summed E-state index contributed by atoms with van der Waals surface area (Å²) >= 11 is 1.12. The first kappa shape index (κ1) is 20.2. The third kappa shape index (κ3) is 4.41. The van der Waals surface area contributed by atoms with Gasteiger partial charge in [-0.2, -0.15) is 0 Å². The molecule has 3 aromatic rings. The van der Waals surface area contributed by atoms with Crippen LogP contribution in [0.3, 0.4) is 0 Å². The van der Waals surface area contributed by atoms with Gasteiger partial charge in [0.1, 0.15) is 6.04 Å². The van der Waals surface area contributed by atoms with Gasteiger partial charge >= 0.3 is 0 Å². The van der Waals surface area contributed by atoms with Crippen molar-refractivity contribution in [2.24, 2.45) is 0 Å². The average Bonchev–Trinajstić information content (AvgIpc) is 3.46. The van der Waals surface area contributed by atoms with Gasteiger partial charge in [-0.15, -0.1) is 5.10 Å². The average molecular weight is 421 g/mol. The summed E-state index contributed by atoms with van der Waals surface area (Å²) in [6, 6.07) is 16.4. The molecule has 1 aromatic heterocycles. The molecule has 1 heterocycles. The lowest BCUT2D eigenvalue weighted by molar-refractivity contribution is -0.123. The normalized spacial score (nSPS) is 15.0. The number of nitrogens with zero attached hydrogens (tertiary/aromatic N) is 3. The summed E-state index contributed by atoms with van der Waals surface area (Å²) in [5.41, 5.74) is 2.65. The van der Waals surface area contributed by atoms with Crippen LogP contribution in [0.25, 0.3) is 0 Å². The van der Waals surface area contributed by atoms with Gasteiger partial charge in [-0.25, -0.2) is 0 Å². The minimum atomic E-state index is -0.803. The maximum absolute atomic E-state index is 13.5. The van der Waals surface area contributed by atoms with Gasteiger partial charge in [-0.1, -0.05) is 59.8 Å². The van der Waals surface area contributed by atoms with E-state index in [0.29, 0.717) is 5.69 Å². The number of carbonyl (C=O) groups excluding carboxylic acids is 2. The highest BCUT2D eigenvalue weighted by molar-refractivity contribution is 7.03. The number of rotatable bonds is 6. The van der Waals surface area contributed by atoms with Gasteiger partial charge in [-0.05, 0) is 54.6 Å². The maximum Gasteiger partial charge on any atom is 0.280 e. The molecular weight excluding hydrogens is 396 g/mol. The first-order valence-corrected chi connectivity index (χ1v) is 11.0. The Labute approximate surface area is 180 Å². The van der Waals surface area contributed by atoms with E-state index in [0.717, 1.165) is 48.3 Å². The number of hydrogen-bond acceptors (Lipinski definition) is 5. The van der Waals surface area contributed by atoms with Gasteiger partial charge < -0.3 is 5.32 Å². The molecule has 1 saturated carbocycles. The number of nitrogens with one attached hydrogen (secondary N) is 1. The number of anilines is 1. The number of amides is 2. The quantitative estimate of drug-likeness (QED) is 0.645. The molecule has 6 nitrogen and oxygen atoms in total. The molecule has 1 atom stereocenters. The second-order valence-corrected chi connectivity index (χ2v) is 8.22. The molecule has 4 rings (SSSR count). The Bertz CT molecular complexity index is 1000. The van der Waals surface area contributed by atoms with Crippen molar-refractivity contribution in [1.29, 1.82) is 0 Å². The number of aryl methyl sites for hydroxylation is 1. The van der Waals surface area contributed by atoms with E-state index in [4.69, 9.17) is 0 Å². The minimum absolute atomic E-state index is 0.152. The van der Waals surface area contributed by atoms with Crippen LogP contribution in [0.5, 0.6) is 0 Å². The third-order valence-electron chi connectivity index (χ3n) is 5.40. The molecule has 0 aliphatic heterocycles. The van der Waals surface area contributed by atoms with E-state index in [-0.39, 0.29) is 23.6 Å². The molecule has 1 N–H and O–H groups in total. The second-order valence-electron chi connectivity index (χ2n) is 7.61. The lowest BCUT2D eigenvalue weighted by Gasteiger charge is -2.32. The maximum atomic E-state index is 13.5. The molecule has 0 saturated heterocycles. The molecule has 1 fully saturated rings. The van der Waals surface area contributed by atoms with E-state index in [2.05, 4.69) is 14.9 Å². The molecule has 0 spiro atoms. The first-order chi connectivity index (χ1) is 14.6. The summed E-state index contributed by atoms with van der Waals surface area (Å²) in [5, 5.41) is 8.76. The lowest BCUT2D eigenvalue weighted by atomic mass is 10.0. The van der Waals surface area contributed by atoms with Crippen LogP contribution >= 0.6 is 11.5 Å². The van der Waals surface area contributed by atoms with Gasteiger partial charge in [0, 0.05) is 17.1 Å². The Morgan fingerprint density at radius 1 is 1.10 bits per heavy atom. The van der Waals surface area contributed by atoms with Crippen molar-refractivity contribution in [3.8, 4) is 0 Å². The summed E-state index contributed by atoms with van der Waals surface area (Å²) < 4.78 is 3.84. The van der Waals surface area contributed by atoms with Gasteiger partial charge in [0.25, 0.3) is 5.91 Å². The Kier molecular flexibility index (Phi) is 6.18. The van der Waals surface area contributed by atoms with Gasteiger partial charge in [-0.3, -0.25) is 14.5 Å². The number of benzene rings is 2. The SMILES string of the molecule is Cc1cccc(N(C(=O)c2csnn2)[C@H](C(=O)NC2CCCC2)c2ccccc2)c1. The fraction of sp³-hybridized carbons (Fsp3) is 0.304. The molecule has 0 radical (unpaired) electrons. The van der Waals surface area contributed by atoms with Crippen molar-refractivity contribution in [2.45, 2.75) is 44.7 Å². The Morgan fingerprint density at radius 3 is 2.53 bits per heavy atom. The van der Waals surface area contributed by atoms with Crippen molar-refractivity contribution >= 4 is 29.0 Å². The molecule has 2 amide bonds. The zero-order valence-electron chi connectivity index (χ0n) is 16.8. The number of hydrogen-bond donors (Lipinski definition) is 1. The van der Waals surface area contributed by atoms with Crippen LogP contribution in [-0.2, 0) is 4.79 Å². The standard InChI is InChI=1S/C23H24N4O2S/c1-16-8-7-13-19(14-16)27(23(29)20-15-30-26-25-20)21(17-9-3-2-4-10-17)22(28)24-18-11-5-6-12-18/h2-4,7-10,13-15,18,21H,5-6,11-12H2,1H3,(H,24,28)/t21-/m0/s1. The van der Waals surface area contributed by atoms with Crippen molar-refractivity contribution in [1.82, 2.24) is 14.9 Å². The van der Waals surface area contributed by atoms with E-state index in [1.165, 1.54) is 0 Å². The molecule has 30 heavy (non-hydrogen) atoms. The summed E-state index contributed by atoms with van der Waals surface area (Å²) in [6.07, 6.45) is 4.18. The van der Waals surface area contributed by atoms with Crippen LogP contribution in [0.2, 0.25) is 0 Å². The summed E-state index contributed by atoms with van der Waals surface area (Å²) in [6.45, 7) is 1.96. The van der Waals surface area contributed by atoms with E-state index in [1.54, 1.807) is 10.3 Å². The van der Waals surface area contributed by atoms with Crippen molar-refractivity contribution in [2.75, 3.05) is 4.90 Å². The molecule has 154 valence electrons. The first-order valence-electron chi connectivity index (χ1n) is 10.2. The zero-order valence-corrected chi connectivity index (χ0v) is 17.6. The van der Waals surface area contributed by atoms with Gasteiger partial charge in [0.15, 0.2) is 5.69 Å². The fourth-order valence-electron chi connectivity index (χ4n) is 3.95. The third-order valence-corrected chi connectivity index (χ3v) is 5.91. The monoisotopic (exact) mass is 420 g/mol. The number of carbonyl (C=O) groups is 2. The molecule has 0 bridgehead atoms. The summed E-state index contributed by atoms with van der Waals surface area (Å²) in [4.78, 5) is 28.6. The fourth-order valence-corrected chi connectivity index (χ4v) is 4.38. The Balaban J connectivity index is 1.79. The van der Waals surface area contributed by atoms with Crippen LogP contribution in [0.4, 0.5) is 5.69 Å². The number of aromatic nitrogens is 2. The largest absolute Gasteiger partial charge is 0.351 e. The van der Waals surface area contributed by atoms with Crippen molar-refractivity contribution in [3.05, 3.63) is 76.8 Å². The minimum Gasteiger partial charge on any atom is -0.351 e. The highest BCUT2D eigenvalue weighted by Gasteiger charge is 2.35. The Morgan fingerprint density at radius 2 is 1.87 bits per heavy atom. The van der Waals surface area contributed by atoms with Crippen LogP contribution in [0.15, 0.2) is 60.0 Å². The predicted octanol–water partition coefficient (Wildman–Crippen LogP) is 4.29. The topological polar surface area (TPSA) is 75.2 Å². The molecule has 1 aliphatic rings. The molecule has 0 unspecified atom stereocenters. The highest BCUT2D eigenvalue weighted by atomic mass is 32.1. The van der Waals surface area contributed by atoms with Gasteiger partial charge in [0.05, 0.1) is 0 Å². The van der Waals surface area contributed by atoms with Crippen LogP contribution < -0.4 is 10.2 Å². The molecule has 2 aromatic carbocycles. The Hall–Kier alpha value is -3.06. The zero-order chi connectivity index (χ0) is 20.9. The van der Waals surface area contributed by atoms with Crippen molar-refractivity contribution < 1.29 is 9.59 Å². The lowest BCUT2D eigenvalue weighted by Crippen LogP contribution is -2.46. The van der Waals surface area contributed by atoms with Crippen molar-refractivity contribution in [3.63, 3.8) is 0 Å². The van der Waals surface area contributed by atoms with Gasteiger partial charge in [0.2, 0.25) is 5.91 Å². The van der Waals surface area contributed by atoms with Crippen LogP contribution in [0.1, 0.15) is 53.3 Å². The highest BCUT2D eigenvalue weighted by Crippen LogP contribution is 2.31. The molecule has 7 heteroatoms. The van der Waals surface area contributed by atoms with E-state index >= 15 is 0 Å². The predicted molar refractivity (Wildman–Crippen MR) is 117 cm³/mol. The summed E-state index contributed by atoms with van der Waals surface area (Å²) in [7, 11) is 0. The smallest absolute Gasteiger partial charge is 0.280 e. The van der Waals surface area contributed by atoms with E-state index in [1.807, 2.05) is 61.5 Å². The molecular formula is C23H24N4O2S.